The smallest absolute Gasteiger partial charge is 0.180 e. The quantitative estimate of drug-likeness (QED) is 0.862. The maximum atomic E-state index is 12.4. The number of benzene rings is 2. The van der Waals surface area contributed by atoms with Gasteiger partial charge in [-0.3, -0.25) is 0 Å². The third-order valence-corrected chi connectivity index (χ3v) is 5.09. The molecule has 0 bridgehead atoms. The molecule has 4 nitrogen and oxygen atoms in total. The Balaban J connectivity index is 2.15. The number of nitrogen functional groups attached to an aromatic ring is 1. The Morgan fingerprint density at radius 1 is 1.10 bits per heavy atom. The van der Waals surface area contributed by atoms with E-state index in [1.54, 1.807) is 25.3 Å². The van der Waals surface area contributed by atoms with E-state index in [-0.39, 0.29) is 10.6 Å². The molecule has 5 heteroatoms. The van der Waals surface area contributed by atoms with Gasteiger partial charge >= 0.3 is 0 Å². The molecule has 0 aliphatic rings. The number of ether oxygens (including phenoxy) is 1. The van der Waals surface area contributed by atoms with Crippen LogP contribution in [0.25, 0.3) is 0 Å². The molecule has 2 rings (SSSR count). The van der Waals surface area contributed by atoms with Crippen molar-refractivity contribution >= 4 is 15.5 Å². The summed E-state index contributed by atoms with van der Waals surface area (Å²) < 4.78 is 29.9. The van der Waals surface area contributed by atoms with Crippen LogP contribution in [-0.2, 0) is 16.3 Å². The van der Waals surface area contributed by atoms with E-state index in [1.807, 2.05) is 31.2 Å². The van der Waals surface area contributed by atoms with Crippen LogP contribution in [0.5, 0.6) is 5.75 Å². The fourth-order valence-electron chi connectivity index (χ4n) is 2.07. The van der Waals surface area contributed by atoms with E-state index in [9.17, 15) is 8.42 Å². The van der Waals surface area contributed by atoms with Gasteiger partial charge in [0, 0.05) is 0 Å². The van der Waals surface area contributed by atoms with Gasteiger partial charge in [0.15, 0.2) is 9.84 Å². The Kier molecular flexibility index (Phi) is 4.53. The van der Waals surface area contributed by atoms with Crippen LogP contribution < -0.4 is 10.5 Å². The lowest BCUT2D eigenvalue weighted by Gasteiger charge is -2.09. The van der Waals surface area contributed by atoms with Gasteiger partial charge in [-0.15, -0.1) is 0 Å². The maximum absolute atomic E-state index is 12.4. The topological polar surface area (TPSA) is 69.4 Å². The number of rotatable bonds is 5. The average molecular weight is 305 g/mol. The molecular formula is C16H19NO3S. The predicted octanol–water partition coefficient (Wildman–Crippen LogP) is 2.60. The summed E-state index contributed by atoms with van der Waals surface area (Å²) in [5, 5.41) is 0. The molecule has 0 heterocycles. The summed E-state index contributed by atoms with van der Waals surface area (Å²) in [5.74, 6) is 0.789. The zero-order valence-corrected chi connectivity index (χ0v) is 13.0. The van der Waals surface area contributed by atoms with Crippen LogP contribution in [0.1, 0.15) is 11.1 Å². The Morgan fingerprint density at radius 3 is 2.38 bits per heavy atom. The van der Waals surface area contributed by atoms with Crippen LogP contribution in [0.15, 0.2) is 47.4 Å². The summed E-state index contributed by atoms with van der Waals surface area (Å²) in [5.41, 5.74) is 7.92. The second-order valence-corrected chi connectivity index (χ2v) is 7.04. The van der Waals surface area contributed by atoms with Gasteiger partial charge in [0.1, 0.15) is 5.75 Å². The first kappa shape index (κ1) is 15.4. The number of sulfone groups is 1. The van der Waals surface area contributed by atoms with Crippen LogP contribution in [0, 0.1) is 6.92 Å². The molecule has 0 unspecified atom stereocenters. The fourth-order valence-corrected chi connectivity index (χ4v) is 3.58. The minimum absolute atomic E-state index is 0.0347. The SMILES string of the molecule is COc1ccc(CCS(=O)(=O)c2cc(C)ccc2N)cc1. The normalized spacial score (nSPS) is 11.3. The molecule has 0 aliphatic carbocycles. The maximum Gasteiger partial charge on any atom is 0.180 e. The van der Waals surface area contributed by atoms with Crippen LogP contribution in [0.3, 0.4) is 0 Å². The van der Waals surface area contributed by atoms with Crippen LogP contribution in [0.4, 0.5) is 5.69 Å². The van der Waals surface area contributed by atoms with Crippen LogP contribution in [0.2, 0.25) is 0 Å². The molecule has 0 saturated heterocycles. The molecule has 112 valence electrons. The minimum atomic E-state index is -3.38. The van der Waals surface area contributed by atoms with Gasteiger partial charge in [0.05, 0.1) is 23.4 Å². The van der Waals surface area contributed by atoms with Crippen molar-refractivity contribution in [3.8, 4) is 5.75 Å². The lowest BCUT2D eigenvalue weighted by atomic mass is 10.2. The summed E-state index contributed by atoms with van der Waals surface area (Å²) in [6, 6.07) is 12.4. The standard InChI is InChI=1S/C16H19NO3S/c1-12-3-8-15(17)16(11-12)21(18,19)10-9-13-4-6-14(20-2)7-5-13/h3-8,11H,9-10,17H2,1-2H3. The first-order valence-electron chi connectivity index (χ1n) is 6.64. The van der Waals surface area contributed by atoms with Crippen molar-refractivity contribution in [2.45, 2.75) is 18.2 Å². The molecule has 0 radical (unpaired) electrons. The molecule has 2 N–H and O–H groups in total. The molecule has 2 aromatic rings. The zero-order chi connectivity index (χ0) is 15.5. The van der Waals surface area contributed by atoms with E-state index < -0.39 is 9.84 Å². The molecule has 0 aliphatic heterocycles. The molecule has 21 heavy (non-hydrogen) atoms. The van der Waals surface area contributed by atoms with Gasteiger partial charge < -0.3 is 10.5 Å². The largest absolute Gasteiger partial charge is 0.497 e. The highest BCUT2D eigenvalue weighted by Gasteiger charge is 2.17. The third-order valence-electron chi connectivity index (χ3n) is 3.32. The number of aryl methyl sites for hydroxylation is 2. The van der Waals surface area contributed by atoms with Crippen molar-refractivity contribution in [1.29, 1.82) is 0 Å². The number of hydrogen-bond acceptors (Lipinski definition) is 4. The molecule has 0 spiro atoms. The van der Waals surface area contributed by atoms with Gasteiger partial charge in [0.25, 0.3) is 0 Å². The van der Waals surface area contributed by atoms with Crippen molar-refractivity contribution in [3.05, 3.63) is 53.6 Å². The Bertz CT molecular complexity index is 722. The van der Waals surface area contributed by atoms with Gasteiger partial charge in [-0.25, -0.2) is 8.42 Å². The van der Waals surface area contributed by atoms with E-state index in [0.29, 0.717) is 12.1 Å². The van der Waals surface area contributed by atoms with Crippen LogP contribution >= 0.6 is 0 Å². The summed E-state index contributed by atoms with van der Waals surface area (Å²) in [7, 11) is -1.79. The number of anilines is 1. The highest BCUT2D eigenvalue weighted by molar-refractivity contribution is 7.91. The second-order valence-electron chi connectivity index (χ2n) is 4.96. The lowest BCUT2D eigenvalue weighted by molar-refractivity contribution is 0.414. The Morgan fingerprint density at radius 2 is 1.76 bits per heavy atom. The average Bonchev–Trinajstić information content (AvgIpc) is 2.48. The van der Waals surface area contributed by atoms with Gasteiger partial charge in [-0.2, -0.15) is 0 Å². The Hall–Kier alpha value is -2.01. The summed E-state index contributed by atoms with van der Waals surface area (Å²) in [6.07, 6.45) is 0.444. The number of methoxy groups -OCH3 is 1. The van der Waals surface area contributed by atoms with Crippen molar-refractivity contribution in [2.24, 2.45) is 0 Å². The van der Waals surface area contributed by atoms with E-state index in [1.165, 1.54) is 0 Å². The van der Waals surface area contributed by atoms with Crippen molar-refractivity contribution in [1.82, 2.24) is 0 Å². The monoisotopic (exact) mass is 305 g/mol. The first-order chi connectivity index (χ1) is 9.92. The number of nitrogens with two attached hydrogens (primary N) is 1. The zero-order valence-electron chi connectivity index (χ0n) is 12.2. The van der Waals surface area contributed by atoms with Crippen LogP contribution in [-0.4, -0.2) is 21.3 Å². The highest BCUT2D eigenvalue weighted by Crippen LogP contribution is 2.22. The van der Waals surface area contributed by atoms with Crippen molar-refractivity contribution in [3.63, 3.8) is 0 Å². The van der Waals surface area contributed by atoms with Crippen molar-refractivity contribution in [2.75, 3.05) is 18.6 Å². The fraction of sp³-hybridized carbons (Fsp3) is 0.250. The summed E-state index contributed by atoms with van der Waals surface area (Å²) in [6.45, 7) is 1.85. The van der Waals surface area contributed by atoms with Gasteiger partial charge in [-0.1, -0.05) is 18.2 Å². The first-order valence-corrected chi connectivity index (χ1v) is 8.29. The van der Waals surface area contributed by atoms with E-state index in [2.05, 4.69) is 0 Å². The van der Waals surface area contributed by atoms with E-state index in [4.69, 9.17) is 10.5 Å². The second kappa shape index (κ2) is 6.18. The molecule has 0 aromatic heterocycles. The molecule has 0 amide bonds. The highest BCUT2D eigenvalue weighted by atomic mass is 32.2. The minimum Gasteiger partial charge on any atom is -0.497 e. The molecule has 2 aromatic carbocycles. The molecular weight excluding hydrogens is 286 g/mol. The van der Waals surface area contributed by atoms with E-state index >= 15 is 0 Å². The predicted molar refractivity (Wildman–Crippen MR) is 84.3 cm³/mol. The molecule has 0 atom stereocenters. The summed E-state index contributed by atoms with van der Waals surface area (Å²) >= 11 is 0. The summed E-state index contributed by atoms with van der Waals surface area (Å²) in [4.78, 5) is 0.219. The van der Waals surface area contributed by atoms with Crippen molar-refractivity contribution < 1.29 is 13.2 Å². The van der Waals surface area contributed by atoms with E-state index in [0.717, 1.165) is 16.9 Å². The van der Waals surface area contributed by atoms with Gasteiger partial charge in [-0.05, 0) is 48.7 Å². The molecule has 0 fully saturated rings. The third kappa shape index (κ3) is 3.76. The lowest BCUT2D eigenvalue weighted by Crippen LogP contribution is -2.11. The molecule has 0 saturated carbocycles. The number of hydrogen-bond donors (Lipinski definition) is 1. The Labute approximate surface area is 125 Å². The van der Waals surface area contributed by atoms with Gasteiger partial charge in [0.2, 0.25) is 0 Å².